The monoisotopic (exact) mass is 716 g/mol. The lowest BCUT2D eigenvalue weighted by atomic mass is 9.83. The van der Waals surface area contributed by atoms with Crippen molar-refractivity contribution >= 4 is 27.9 Å². The number of carbonyl (C=O) groups is 3. The molecule has 0 radical (unpaired) electrons. The maximum atomic E-state index is 14.1. The minimum Gasteiger partial charge on any atom is -0.444 e. The molecule has 0 bridgehead atoms. The Kier molecular flexibility index (Phi) is 14.7. The molecule has 2 aromatic rings. The summed E-state index contributed by atoms with van der Waals surface area (Å²) in [5, 5.41) is 19.4. The van der Waals surface area contributed by atoms with Gasteiger partial charge in [-0.2, -0.15) is 0 Å². The number of nitrogens with one attached hydrogen (secondary N) is 5. The normalized spacial score (nSPS) is 18.7. The number of aliphatic hydroxyl groups excluding tert-OH is 1. The van der Waals surface area contributed by atoms with Gasteiger partial charge in [-0.25, -0.2) is 22.9 Å². The largest absolute Gasteiger partial charge is 0.444 e. The van der Waals surface area contributed by atoms with Crippen LogP contribution in [0.3, 0.4) is 0 Å². The van der Waals surface area contributed by atoms with E-state index in [4.69, 9.17) is 4.74 Å². The minimum atomic E-state index is -3.63. The highest BCUT2D eigenvalue weighted by atomic mass is 32.2. The van der Waals surface area contributed by atoms with Crippen LogP contribution in [0, 0.1) is 5.92 Å². The Morgan fingerprint density at radius 2 is 1.52 bits per heavy atom. The van der Waals surface area contributed by atoms with Crippen LogP contribution in [0.5, 0.6) is 0 Å². The van der Waals surface area contributed by atoms with Gasteiger partial charge in [0.2, 0.25) is 21.8 Å². The molecule has 0 saturated heterocycles. The van der Waals surface area contributed by atoms with Gasteiger partial charge in [0.05, 0.1) is 29.4 Å². The number of sulfonamides is 1. The predicted molar refractivity (Wildman–Crippen MR) is 190 cm³/mol. The highest BCUT2D eigenvalue weighted by Gasteiger charge is 2.34. The van der Waals surface area contributed by atoms with Crippen LogP contribution >= 0.6 is 0 Å². The molecular weight excluding hydrogens is 660 g/mol. The molecule has 6 N–H and O–H groups in total. The number of amides is 3. The number of nitrogens with zero attached hydrogens (tertiary/aromatic N) is 1. The van der Waals surface area contributed by atoms with E-state index in [1.807, 2.05) is 30.3 Å². The molecule has 2 aliphatic rings. The number of alkyl carbamates (subject to hydrolysis) is 1. The van der Waals surface area contributed by atoms with Gasteiger partial charge >= 0.3 is 6.09 Å². The summed E-state index contributed by atoms with van der Waals surface area (Å²) in [6.45, 7) is 4.94. The zero-order chi connectivity index (χ0) is 36.1. The third-order valence-electron chi connectivity index (χ3n) is 9.48. The predicted octanol–water partition coefficient (Wildman–Crippen LogP) is 3.64. The summed E-state index contributed by atoms with van der Waals surface area (Å²) >= 11 is 0. The fraction of sp³-hybridized carbons (Fsp3) is 0.667. The molecule has 4 atom stereocenters. The molecule has 278 valence electrons. The Morgan fingerprint density at radius 3 is 2.14 bits per heavy atom. The average molecular weight is 717 g/mol. The minimum absolute atomic E-state index is 0.0339. The van der Waals surface area contributed by atoms with E-state index in [1.54, 1.807) is 27.0 Å². The fourth-order valence-electron chi connectivity index (χ4n) is 6.82. The zero-order valence-corrected chi connectivity index (χ0v) is 30.5. The summed E-state index contributed by atoms with van der Waals surface area (Å²) in [7, 11) is -3.63. The molecule has 50 heavy (non-hydrogen) atoms. The van der Waals surface area contributed by atoms with E-state index < -0.39 is 63.0 Å². The third-order valence-corrected chi connectivity index (χ3v) is 11.4. The second kappa shape index (κ2) is 18.7. The van der Waals surface area contributed by atoms with Crippen molar-refractivity contribution in [3.63, 3.8) is 0 Å². The summed E-state index contributed by atoms with van der Waals surface area (Å²) < 4.78 is 34.2. The number of carbonyl (C=O) groups excluding carboxylic acids is 3. The second-order valence-electron chi connectivity index (χ2n) is 14.8. The topological polar surface area (TPSA) is 192 Å². The van der Waals surface area contributed by atoms with Crippen molar-refractivity contribution in [2.45, 2.75) is 139 Å². The molecule has 13 nitrogen and oxygen atoms in total. The number of H-pyrrole nitrogens is 1. The van der Waals surface area contributed by atoms with Gasteiger partial charge < -0.3 is 30.8 Å². The Balaban J connectivity index is 1.52. The van der Waals surface area contributed by atoms with Crippen LogP contribution in [0.1, 0.15) is 103 Å². The van der Waals surface area contributed by atoms with Crippen molar-refractivity contribution in [2.75, 3.05) is 6.54 Å². The highest BCUT2D eigenvalue weighted by Crippen LogP contribution is 2.28. The van der Waals surface area contributed by atoms with Gasteiger partial charge in [-0.05, 0) is 51.5 Å². The molecular formula is C36H56N6O7S. The van der Waals surface area contributed by atoms with Crippen molar-refractivity contribution in [3.05, 3.63) is 54.1 Å². The molecule has 2 fully saturated rings. The Hall–Kier alpha value is -3.49. The van der Waals surface area contributed by atoms with E-state index in [1.165, 1.54) is 6.33 Å². The molecule has 1 aromatic heterocycles. The number of imidazole rings is 1. The molecule has 0 unspecified atom stereocenters. The van der Waals surface area contributed by atoms with Crippen LogP contribution in [-0.2, 0) is 37.2 Å². The number of ether oxygens (including phenoxy) is 1. The van der Waals surface area contributed by atoms with Crippen molar-refractivity contribution in [1.82, 2.24) is 30.6 Å². The quantitative estimate of drug-likeness (QED) is 0.152. The van der Waals surface area contributed by atoms with E-state index in [9.17, 15) is 27.9 Å². The lowest BCUT2D eigenvalue weighted by molar-refractivity contribution is -0.131. The van der Waals surface area contributed by atoms with Crippen molar-refractivity contribution in [2.24, 2.45) is 5.92 Å². The highest BCUT2D eigenvalue weighted by molar-refractivity contribution is 7.90. The Bertz CT molecular complexity index is 1450. The standard InChI is InChI=1S/C36H56N6O7S/c1-36(2,3)49-35(46)42-30(20-26-15-9-5-10-16-26)33(44)41-31(21-27-22-37-24-38-27)34(45)40-29(19-25-13-7-4-8-14-25)32(43)23-39-50(47,48)28-17-11-6-12-18-28/h5,9-10,15-16,22,24-25,28-32,39,43H,4,6-8,11-14,17-21,23H2,1-3H3,(H,37,38)(H,40,45)(H,41,44)(H,42,46)/t29-,30-,31-,32-/m0/s1. The van der Waals surface area contributed by atoms with Crippen molar-refractivity contribution in [1.29, 1.82) is 0 Å². The van der Waals surface area contributed by atoms with Gasteiger partial charge in [0.25, 0.3) is 0 Å². The number of aromatic nitrogens is 2. The molecule has 2 aliphatic carbocycles. The van der Waals surface area contributed by atoms with E-state index in [2.05, 4.69) is 30.6 Å². The van der Waals surface area contributed by atoms with Crippen LogP contribution < -0.4 is 20.7 Å². The van der Waals surface area contributed by atoms with Crippen LogP contribution in [0.15, 0.2) is 42.9 Å². The first-order valence-electron chi connectivity index (χ1n) is 18.1. The maximum absolute atomic E-state index is 14.1. The lowest BCUT2D eigenvalue weighted by Gasteiger charge is -2.32. The van der Waals surface area contributed by atoms with Gasteiger partial charge in [-0.15, -0.1) is 0 Å². The second-order valence-corrected chi connectivity index (χ2v) is 16.8. The molecule has 14 heteroatoms. The molecule has 3 amide bonds. The van der Waals surface area contributed by atoms with E-state index in [-0.39, 0.29) is 25.3 Å². The Labute approximate surface area is 296 Å². The molecule has 2 saturated carbocycles. The maximum Gasteiger partial charge on any atom is 0.408 e. The zero-order valence-electron chi connectivity index (χ0n) is 29.7. The average Bonchev–Trinajstić information content (AvgIpc) is 3.60. The number of benzene rings is 1. The third kappa shape index (κ3) is 13.0. The van der Waals surface area contributed by atoms with Gasteiger partial charge in [-0.3, -0.25) is 9.59 Å². The van der Waals surface area contributed by atoms with Crippen LogP contribution in [0.2, 0.25) is 0 Å². The Morgan fingerprint density at radius 1 is 0.900 bits per heavy atom. The molecule has 0 spiro atoms. The van der Waals surface area contributed by atoms with Crippen LogP contribution in [-0.4, -0.2) is 83.0 Å². The lowest BCUT2D eigenvalue weighted by Crippen LogP contribution is -2.58. The van der Waals surface area contributed by atoms with Crippen molar-refractivity contribution in [3.8, 4) is 0 Å². The first-order chi connectivity index (χ1) is 23.8. The van der Waals surface area contributed by atoms with Gasteiger partial charge in [0.1, 0.15) is 17.7 Å². The number of aliphatic hydroxyl groups is 1. The first kappa shape index (κ1) is 39.3. The molecule has 4 rings (SSSR count). The number of rotatable bonds is 16. The van der Waals surface area contributed by atoms with Gasteiger partial charge in [0, 0.05) is 25.6 Å². The molecule has 1 aromatic carbocycles. The van der Waals surface area contributed by atoms with E-state index >= 15 is 0 Å². The number of hydrogen-bond donors (Lipinski definition) is 6. The summed E-state index contributed by atoms with van der Waals surface area (Å²) in [5.74, 6) is -0.890. The van der Waals surface area contributed by atoms with Gasteiger partial charge in [-0.1, -0.05) is 81.7 Å². The van der Waals surface area contributed by atoms with Gasteiger partial charge in [0.15, 0.2) is 0 Å². The summed E-state index contributed by atoms with van der Waals surface area (Å²) in [6, 6.07) is 6.23. The van der Waals surface area contributed by atoms with E-state index in [0.717, 1.165) is 56.9 Å². The summed E-state index contributed by atoms with van der Waals surface area (Å²) in [4.78, 5) is 47.9. The smallest absolute Gasteiger partial charge is 0.408 e. The van der Waals surface area contributed by atoms with Crippen LogP contribution in [0.4, 0.5) is 4.79 Å². The summed E-state index contributed by atoms with van der Waals surface area (Å²) in [5.41, 5.74) is 0.525. The SMILES string of the molecule is CC(C)(C)OC(=O)N[C@@H](Cc1ccccc1)C(=O)N[C@@H](Cc1c[nH]cn1)C(=O)N[C@@H](CC1CCCCC1)[C@@H](O)CNS(=O)(=O)C1CCCCC1. The number of aromatic amines is 1. The van der Waals surface area contributed by atoms with Crippen LogP contribution in [0.25, 0.3) is 0 Å². The van der Waals surface area contributed by atoms with Crippen molar-refractivity contribution < 1.29 is 32.6 Å². The fourth-order valence-corrected chi connectivity index (χ4v) is 8.41. The molecule has 0 aliphatic heterocycles. The van der Waals surface area contributed by atoms with E-state index in [0.29, 0.717) is 25.0 Å². The number of hydrogen-bond acceptors (Lipinski definition) is 8. The first-order valence-corrected chi connectivity index (χ1v) is 19.6. The molecule has 1 heterocycles. The summed E-state index contributed by atoms with van der Waals surface area (Å²) in [6.07, 6.45) is 10.9.